The van der Waals surface area contributed by atoms with E-state index in [0.29, 0.717) is 0 Å². The van der Waals surface area contributed by atoms with Crippen molar-refractivity contribution in [2.24, 2.45) is 0 Å². The summed E-state index contributed by atoms with van der Waals surface area (Å²) in [4.78, 5) is 5.11. The summed E-state index contributed by atoms with van der Waals surface area (Å²) >= 11 is 7.92. The van der Waals surface area contributed by atoms with E-state index in [0.717, 1.165) is 28.4 Å². The van der Waals surface area contributed by atoms with E-state index in [1.807, 2.05) is 24.4 Å². The Hall–Kier alpha value is -1.26. The van der Waals surface area contributed by atoms with Crippen molar-refractivity contribution in [2.75, 3.05) is 14.2 Å². The largest absolute Gasteiger partial charge is 0.493 e. The second-order valence-electron chi connectivity index (χ2n) is 3.76. The molecule has 3 nitrogen and oxygen atoms in total. The normalized spacial score (nSPS) is 12.2. The van der Waals surface area contributed by atoms with Gasteiger partial charge in [0.1, 0.15) is 0 Å². The first-order valence-electron chi connectivity index (χ1n) is 5.48. The van der Waals surface area contributed by atoms with Gasteiger partial charge in [0.2, 0.25) is 0 Å². The Bertz CT molecular complexity index is 502. The average Bonchev–Trinajstić information content (AvgIpc) is 2.92. The molecule has 1 unspecified atom stereocenters. The Morgan fingerprint density at radius 2 is 2.06 bits per heavy atom. The molecule has 1 atom stereocenters. The first-order valence-corrected chi connectivity index (χ1v) is 6.79. The third-order valence-electron chi connectivity index (χ3n) is 2.62. The lowest BCUT2D eigenvalue weighted by Crippen LogP contribution is -1.96. The van der Waals surface area contributed by atoms with Gasteiger partial charge >= 0.3 is 0 Å². The van der Waals surface area contributed by atoms with Crippen LogP contribution in [0.4, 0.5) is 0 Å². The number of benzene rings is 1. The van der Waals surface area contributed by atoms with Crippen molar-refractivity contribution in [3.8, 4) is 11.5 Å². The van der Waals surface area contributed by atoms with Gasteiger partial charge in [-0.1, -0.05) is 6.07 Å². The van der Waals surface area contributed by atoms with E-state index in [1.165, 1.54) is 0 Å². The van der Waals surface area contributed by atoms with Crippen LogP contribution in [0.1, 0.15) is 15.8 Å². The standard InChI is InChI=1S/C13H14ClNO2S/c1-16-11-4-3-9(6-12(11)17-2)5-10(14)13-7-15-8-18-13/h3-4,6-8,10H,5H2,1-2H3. The Morgan fingerprint density at radius 1 is 1.28 bits per heavy atom. The van der Waals surface area contributed by atoms with Crippen molar-refractivity contribution in [1.82, 2.24) is 4.98 Å². The summed E-state index contributed by atoms with van der Waals surface area (Å²) in [5.74, 6) is 1.45. The number of hydrogen-bond donors (Lipinski definition) is 0. The molecule has 96 valence electrons. The quantitative estimate of drug-likeness (QED) is 0.785. The van der Waals surface area contributed by atoms with Gasteiger partial charge in [-0.2, -0.15) is 0 Å². The molecule has 2 rings (SSSR count). The van der Waals surface area contributed by atoms with Gasteiger partial charge in [-0.25, -0.2) is 0 Å². The second-order valence-corrected chi connectivity index (χ2v) is 5.21. The molecule has 0 fully saturated rings. The summed E-state index contributed by atoms with van der Waals surface area (Å²) in [5, 5.41) is -0.0596. The average molecular weight is 284 g/mol. The molecule has 0 aliphatic rings. The molecule has 0 saturated heterocycles. The highest BCUT2D eigenvalue weighted by Crippen LogP contribution is 2.32. The highest BCUT2D eigenvalue weighted by molar-refractivity contribution is 7.09. The Kier molecular flexibility index (Phi) is 4.44. The number of alkyl halides is 1. The summed E-state index contributed by atoms with van der Waals surface area (Å²) in [6, 6.07) is 5.84. The summed E-state index contributed by atoms with van der Waals surface area (Å²) in [5.41, 5.74) is 2.90. The van der Waals surface area contributed by atoms with Crippen molar-refractivity contribution in [1.29, 1.82) is 0 Å². The summed E-state index contributed by atoms with van der Waals surface area (Å²) in [7, 11) is 3.25. The smallest absolute Gasteiger partial charge is 0.160 e. The zero-order valence-electron chi connectivity index (χ0n) is 10.2. The van der Waals surface area contributed by atoms with Crippen LogP contribution in [0.2, 0.25) is 0 Å². The number of ether oxygens (including phenoxy) is 2. The minimum Gasteiger partial charge on any atom is -0.493 e. The molecule has 5 heteroatoms. The van der Waals surface area contributed by atoms with Crippen LogP contribution in [0.15, 0.2) is 29.9 Å². The minimum atomic E-state index is -0.0596. The van der Waals surface area contributed by atoms with E-state index < -0.39 is 0 Å². The van der Waals surface area contributed by atoms with Gasteiger partial charge in [-0.15, -0.1) is 22.9 Å². The van der Waals surface area contributed by atoms with Crippen LogP contribution < -0.4 is 9.47 Å². The van der Waals surface area contributed by atoms with Gasteiger partial charge < -0.3 is 9.47 Å². The zero-order chi connectivity index (χ0) is 13.0. The van der Waals surface area contributed by atoms with E-state index in [-0.39, 0.29) is 5.38 Å². The van der Waals surface area contributed by atoms with Gasteiger partial charge in [-0.3, -0.25) is 4.98 Å². The molecule has 0 bridgehead atoms. The Labute approximate surface area is 115 Å². The number of rotatable bonds is 5. The Balaban J connectivity index is 2.14. The van der Waals surface area contributed by atoms with Crippen LogP contribution in [-0.4, -0.2) is 19.2 Å². The third kappa shape index (κ3) is 2.94. The molecule has 0 aliphatic heterocycles. The number of aromatic nitrogens is 1. The fraction of sp³-hybridized carbons (Fsp3) is 0.308. The van der Waals surface area contributed by atoms with Crippen LogP contribution in [0.25, 0.3) is 0 Å². The molecule has 1 heterocycles. The third-order valence-corrected chi connectivity index (χ3v) is 4.03. The second kappa shape index (κ2) is 6.07. The molecule has 0 N–H and O–H groups in total. The van der Waals surface area contributed by atoms with E-state index in [9.17, 15) is 0 Å². The first-order chi connectivity index (χ1) is 8.74. The Morgan fingerprint density at radius 3 is 2.67 bits per heavy atom. The SMILES string of the molecule is COc1ccc(CC(Cl)c2cncs2)cc1OC. The summed E-state index contributed by atoms with van der Waals surface area (Å²) < 4.78 is 10.5. The highest BCUT2D eigenvalue weighted by atomic mass is 35.5. The maximum absolute atomic E-state index is 6.35. The fourth-order valence-electron chi connectivity index (χ4n) is 1.70. The van der Waals surface area contributed by atoms with Crippen LogP contribution in [0.3, 0.4) is 0 Å². The van der Waals surface area contributed by atoms with Crippen molar-refractivity contribution >= 4 is 22.9 Å². The lowest BCUT2D eigenvalue weighted by molar-refractivity contribution is 0.354. The number of hydrogen-bond acceptors (Lipinski definition) is 4. The van der Waals surface area contributed by atoms with E-state index >= 15 is 0 Å². The lowest BCUT2D eigenvalue weighted by atomic mass is 10.1. The highest BCUT2D eigenvalue weighted by Gasteiger charge is 2.12. The predicted octanol–water partition coefficient (Wildman–Crippen LogP) is 3.68. The van der Waals surface area contributed by atoms with Crippen LogP contribution >= 0.6 is 22.9 Å². The van der Waals surface area contributed by atoms with E-state index in [1.54, 1.807) is 31.1 Å². The van der Waals surface area contributed by atoms with Crippen molar-refractivity contribution in [3.05, 3.63) is 40.3 Å². The monoisotopic (exact) mass is 283 g/mol. The van der Waals surface area contributed by atoms with Gasteiger partial charge in [0.05, 0.1) is 25.1 Å². The van der Waals surface area contributed by atoms with Gasteiger partial charge in [0.25, 0.3) is 0 Å². The molecule has 0 spiro atoms. The molecular formula is C13H14ClNO2S. The molecular weight excluding hydrogens is 270 g/mol. The molecule has 18 heavy (non-hydrogen) atoms. The molecule has 1 aromatic heterocycles. The van der Waals surface area contributed by atoms with Crippen molar-refractivity contribution in [2.45, 2.75) is 11.8 Å². The lowest BCUT2D eigenvalue weighted by Gasteiger charge is -2.11. The molecule has 0 amide bonds. The number of thiazole rings is 1. The van der Waals surface area contributed by atoms with E-state index in [4.69, 9.17) is 21.1 Å². The molecule has 0 saturated carbocycles. The first kappa shape index (κ1) is 13.2. The zero-order valence-corrected chi connectivity index (χ0v) is 11.8. The number of halogens is 1. The minimum absolute atomic E-state index is 0.0596. The van der Waals surface area contributed by atoms with Gasteiger partial charge in [0.15, 0.2) is 11.5 Å². The van der Waals surface area contributed by atoms with Crippen molar-refractivity contribution < 1.29 is 9.47 Å². The maximum Gasteiger partial charge on any atom is 0.160 e. The van der Waals surface area contributed by atoms with Crippen molar-refractivity contribution in [3.63, 3.8) is 0 Å². The molecule has 1 aromatic carbocycles. The summed E-state index contributed by atoms with van der Waals surface area (Å²) in [6.07, 6.45) is 2.55. The number of nitrogens with zero attached hydrogens (tertiary/aromatic N) is 1. The van der Waals surface area contributed by atoms with E-state index in [2.05, 4.69) is 4.98 Å². The van der Waals surface area contributed by atoms with Crippen LogP contribution in [-0.2, 0) is 6.42 Å². The molecule has 0 aliphatic carbocycles. The predicted molar refractivity (Wildman–Crippen MR) is 74.0 cm³/mol. The van der Waals surface area contributed by atoms with Gasteiger partial charge in [-0.05, 0) is 24.1 Å². The molecule has 0 radical (unpaired) electrons. The van der Waals surface area contributed by atoms with Crippen LogP contribution in [0, 0.1) is 0 Å². The van der Waals surface area contributed by atoms with Gasteiger partial charge in [0, 0.05) is 11.1 Å². The summed E-state index contributed by atoms with van der Waals surface area (Å²) in [6.45, 7) is 0. The molecule has 2 aromatic rings. The van der Waals surface area contributed by atoms with Crippen LogP contribution in [0.5, 0.6) is 11.5 Å². The topological polar surface area (TPSA) is 31.4 Å². The fourth-order valence-corrected chi connectivity index (χ4v) is 2.68. The number of methoxy groups -OCH3 is 2. The maximum atomic E-state index is 6.35.